The van der Waals surface area contributed by atoms with Gasteiger partial charge in [-0.1, -0.05) is 20.8 Å². The fourth-order valence-electron chi connectivity index (χ4n) is 2.69. The lowest BCUT2D eigenvalue weighted by Gasteiger charge is -2.23. The van der Waals surface area contributed by atoms with Crippen molar-refractivity contribution in [1.29, 1.82) is 0 Å². The number of fused-ring (bicyclic) bond motifs is 1. The third-order valence-electron chi connectivity index (χ3n) is 3.91. The average molecular weight is 302 g/mol. The Hall–Kier alpha value is -1.33. The summed E-state index contributed by atoms with van der Waals surface area (Å²) in [4.78, 5) is 14.0. The lowest BCUT2D eigenvalue weighted by Crippen LogP contribution is -2.22. The van der Waals surface area contributed by atoms with E-state index in [9.17, 15) is 0 Å². The van der Waals surface area contributed by atoms with E-state index in [-0.39, 0.29) is 5.41 Å². The van der Waals surface area contributed by atoms with Crippen molar-refractivity contribution in [3.05, 3.63) is 27.8 Å². The van der Waals surface area contributed by atoms with Crippen molar-refractivity contribution in [3.8, 4) is 11.5 Å². The predicted octanol–water partition coefficient (Wildman–Crippen LogP) is 3.49. The van der Waals surface area contributed by atoms with Crippen molar-refractivity contribution in [3.63, 3.8) is 0 Å². The monoisotopic (exact) mass is 302 g/mol. The van der Waals surface area contributed by atoms with Crippen LogP contribution in [0, 0.1) is 0 Å². The maximum Gasteiger partial charge on any atom is 0.179 e. The van der Waals surface area contributed by atoms with Crippen LogP contribution >= 0.6 is 11.3 Å². The van der Waals surface area contributed by atoms with Gasteiger partial charge in [-0.15, -0.1) is 11.3 Å². The topological polar surface area (TPSA) is 50.7 Å². The molecule has 2 aromatic rings. The molecule has 0 fully saturated rings. The molecule has 1 atom stereocenters. The zero-order chi connectivity index (χ0) is 15.0. The van der Waals surface area contributed by atoms with Crippen molar-refractivity contribution in [2.45, 2.75) is 51.5 Å². The molecule has 2 aromatic heterocycles. The Bertz CT molecular complexity index is 642. The van der Waals surface area contributed by atoms with E-state index in [1.165, 1.54) is 17.7 Å². The van der Waals surface area contributed by atoms with Gasteiger partial charge in [0, 0.05) is 34.3 Å². The van der Waals surface area contributed by atoms with E-state index in [0.29, 0.717) is 6.04 Å². The third-order valence-corrected chi connectivity index (χ3v) is 5.17. The van der Waals surface area contributed by atoms with Crippen LogP contribution in [0.4, 0.5) is 0 Å². The Morgan fingerprint density at radius 1 is 1.29 bits per heavy atom. The van der Waals surface area contributed by atoms with Crippen LogP contribution in [-0.4, -0.2) is 22.0 Å². The van der Waals surface area contributed by atoms with Crippen molar-refractivity contribution in [2.75, 3.05) is 7.05 Å². The first-order valence-corrected chi connectivity index (χ1v) is 8.36. The summed E-state index contributed by atoms with van der Waals surface area (Å²) in [7, 11) is 2.00. The highest BCUT2D eigenvalue weighted by Gasteiger charge is 2.23. The van der Waals surface area contributed by atoms with Gasteiger partial charge >= 0.3 is 0 Å². The summed E-state index contributed by atoms with van der Waals surface area (Å²) in [6, 6.07) is 0.392. The summed E-state index contributed by atoms with van der Waals surface area (Å²) in [5, 5.41) is 6.55. The van der Waals surface area contributed by atoms with Crippen LogP contribution in [0.2, 0.25) is 0 Å². The Kier molecular flexibility index (Phi) is 3.80. The molecule has 1 aliphatic carbocycles. The lowest BCUT2D eigenvalue weighted by molar-refractivity contribution is 0.487. The van der Waals surface area contributed by atoms with Crippen LogP contribution in [0.5, 0.6) is 0 Å². The molecule has 0 spiro atoms. The van der Waals surface area contributed by atoms with E-state index in [4.69, 9.17) is 9.97 Å². The van der Waals surface area contributed by atoms with Gasteiger partial charge in [-0.2, -0.15) is 0 Å². The number of nitrogens with zero attached hydrogens (tertiary/aromatic N) is 3. The predicted molar refractivity (Wildman–Crippen MR) is 86.6 cm³/mol. The van der Waals surface area contributed by atoms with E-state index in [0.717, 1.165) is 29.4 Å². The minimum absolute atomic E-state index is 0.0777. The molecule has 0 aliphatic heterocycles. The number of aryl methyl sites for hydroxylation is 1. The largest absolute Gasteiger partial charge is 0.313 e. The molecule has 21 heavy (non-hydrogen) atoms. The second kappa shape index (κ2) is 5.46. The number of hydrogen-bond donors (Lipinski definition) is 1. The van der Waals surface area contributed by atoms with E-state index in [1.54, 1.807) is 11.3 Å². The summed E-state index contributed by atoms with van der Waals surface area (Å²) < 4.78 is 0. The highest BCUT2D eigenvalue weighted by atomic mass is 32.1. The molecule has 0 bridgehead atoms. The highest BCUT2D eigenvalue weighted by Crippen LogP contribution is 2.31. The van der Waals surface area contributed by atoms with Gasteiger partial charge in [-0.05, 0) is 26.3 Å². The fourth-order valence-corrected chi connectivity index (χ4v) is 3.58. The van der Waals surface area contributed by atoms with Crippen LogP contribution in [0.1, 0.15) is 55.9 Å². The molecule has 0 amide bonds. The molecule has 4 nitrogen and oxygen atoms in total. The molecule has 5 heteroatoms. The molecular formula is C16H22N4S. The molecule has 0 saturated heterocycles. The maximum atomic E-state index is 4.77. The number of hydrogen-bond acceptors (Lipinski definition) is 5. The van der Waals surface area contributed by atoms with Gasteiger partial charge in [-0.3, -0.25) is 0 Å². The van der Waals surface area contributed by atoms with E-state index in [2.05, 4.69) is 36.5 Å². The molecule has 3 rings (SSSR count). The smallest absolute Gasteiger partial charge is 0.179 e. The van der Waals surface area contributed by atoms with Crippen LogP contribution in [0.25, 0.3) is 11.5 Å². The molecule has 0 radical (unpaired) electrons. The van der Waals surface area contributed by atoms with Crippen LogP contribution in [-0.2, 0) is 11.8 Å². The fraction of sp³-hybridized carbons (Fsp3) is 0.562. The second-order valence-electron chi connectivity index (χ2n) is 6.62. The second-order valence-corrected chi connectivity index (χ2v) is 7.48. The van der Waals surface area contributed by atoms with E-state index in [1.807, 2.05) is 13.2 Å². The summed E-state index contributed by atoms with van der Waals surface area (Å²) in [6.45, 7) is 6.54. The first kappa shape index (κ1) is 14.6. The van der Waals surface area contributed by atoms with Gasteiger partial charge in [0.1, 0.15) is 5.69 Å². The van der Waals surface area contributed by atoms with Crippen LogP contribution < -0.4 is 5.32 Å². The first-order chi connectivity index (χ1) is 9.99. The van der Waals surface area contributed by atoms with Gasteiger partial charge in [-0.25, -0.2) is 15.0 Å². The van der Waals surface area contributed by atoms with Gasteiger partial charge in [0.25, 0.3) is 0 Å². The van der Waals surface area contributed by atoms with Gasteiger partial charge in [0.15, 0.2) is 5.82 Å². The van der Waals surface area contributed by atoms with Crippen molar-refractivity contribution < 1.29 is 0 Å². The molecule has 1 N–H and O–H groups in total. The van der Waals surface area contributed by atoms with Gasteiger partial charge in [0.05, 0.1) is 5.01 Å². The average Bonchev–Trinajstić information content (AvgIpc) is 2.96. The summed E-state index contributed by atoms with van der Waals surface area (Å²) >= 11 is 1.69. The quantitative estimate of drug-likeness (QED) is 0.922. The summed E-state index contributed by atoms with van der Waals surface area (Å²) in [5.74, 6) is 0.761. The van der Waals surface area contributed by atoms with Crippen molar-refractivity contribution >= 4 is 11.3 Å². The van der Waals surface area contributed by atoms with Crippen molar-refractivity contribution in [1.82, 2.24) is 20.3 Å². The molecule has 0 saturated carbocycles. The van der Waals surface area contributed by atoms with Gasteiger partial charge < -0.3 is 5.32 Å². The maximum absolute atomic E-state index is 4.77. The standard InChI is InChI=1S/C16H22N4S/c1-16(2,3)15-20-13(9-21-15)14-18-8-10-11(17-4)6-5-7-12(10)19-14/h8-9,11,17H,5-7H2,1-4H3. The Morgan fingerprint density at radius 3 is 2.76 bits per heavy atom. The Morgan fingerprint density at radius 2 is 2.10 bits per heavy atom. The molecule has 1 aliphatic rings. The highest BCUT2D eigenvalue weighted by molar-refractivity contribution is 7.10. The van der Waals surface area contributed by atoms with Crippen LogP contribution in [0.15, 0.2) is 11.6 Å². The number of nitrogens with one attached hydrogen (secondary N) is 1. The third kappa shape index (κ3) is 2.85. The minimum Gasteiger partial charge on any atom is -0.313 e. The lowest BCUT2D eigenvalue weighted by atomic mass is 9.92. The zero-order valence-electron chi connectivity index (χ0n) is 13.1. The SMILES string of the molecule is CNC1CCCc2nc(-c3csc(C(C)(C)C)n3)ncc21. The zero-order valence-corrected chi connectivity index (χ0v) is 13.9. The number of thiazole rings is 1. The van der Waals surface area contributed by atoms with Gasteiger partial charge in [0.2, 0.25) is 0 Å². The molecule has 112 valence electrons. The first-order valence-electron chi connectivity index (χ1n) is 7.48. The molecular weight excluding hydrogens is 280 g/mol. The molecule has 2 heterocycles. The normalized spacial score (nSPS) is 18.6. The number of aromatic nitrogens is 3. The molecule has 1 unspecified atom stereocenters. The Labute approximate surface area is 130 Å². The molecule has 0 aromatic carbocycles. The van der Waals surface area contributed by atoms with E-state index < -0.39 is 0 Å². The van der Waals surface area contributed by atoms with E-state index >= 15 is 0 Å². The number of rotatable bonds is 2. The van der Waals surface area contributed by atoms with Crippen molar-refractivity contribution in [2.24, 2.45) is 0 Å². The summed E-state index contributed by atoms with van der Waals surface area (Å²) in [6.07, 6.45) is 5.36. The van der Waals surface area contributed by atoms with Crippen LogP contribution in [0.3, 0.4) is 0 Å². The Balaban J connectivity index is 1.95. The summed E-state index contributed by atoms with van der Waals surface area (Å²) in [5.41, 5.74) is 3.41. The minimum atomic E-state index is 0.0777.